The van der Waals surface area contributed by atoms with Gasteiger partial charge in [-0.15, -0.1) is 0 Å². The van der Waals surface area contributed by atoms with E-state index in [1.165, 1.54) is 12.8 Å². The highest BCUT2D eigenvalue weighted by Gasteiger charge is 1.97. The summed E-state index contributed by atoms with van der Waals surface area (Å²) in [6.45, 7) is 2.22. The Morgan fingerprint density at radius 1 is 1.27 bits per heavy atom. The van der Waals surface area contributed by atoms with E-state index in [4.69, 9.17) is 10.2 Å². The van der Waals surface area contributed by atoms with E-state index in [9.17, 15) is 0 Å². The van der Waals surface area contributed by atoms with Crippen molar-refractivity contribution in [1.82, 2.24) is 0 Å². The second-order valence-electron chi connectivity index (χ2n) is 2.70. The molecule has 0 heterocycles. The number of aliphatic hydroxyl groups excluding tert-OH is 2. The molecule has 0 fully saturated rings. The molecule has 2 N–H and O–H groups in total. The normalized spacial score (nSPS) is 11.6. The molecule has 66 valence electrons. The minimum Gasteiger partial charge on any atom is -0.396 e. The summed E-state index contributed by atoms with van der Waals surface area (Å²) in [5.74, 6) is -0.0631. The summed E-state index contributed by atoms with van der Waals surface area (Å²) in [7, 11) is 0. The Labute approximate surface area is 68.6 Å². The molecule has 0 spiro atoms. The van der Waals surface area contributed by atoms with Crippen molar-refractivity contribution >= 4 is 0 Å². The fourth-order valence-electron chi connectivity index (χ4n) is 0.790. The SMILES string of the molecule is CCCCC=CC(CO)CO. The Morgan fingerprint density at radius 2 is 1.91 bits per heavy atom. The van der Waals surface area contributed by atoms with Crippen LogP contribution in [0.5, 0.6) is 0 Å². The van der Waals surface area contributed by atoms with Crippen molar-refractivity contribution in [3.63, 3.8) is 0 Å². The van der Waals surface area contributed by atoms with Crippen LogP contribution in [0.4, 0.5) is 0 Å². The largest absolute Gasteiger partial charge is 0.396 e. The van der Waals surface area contributed by atoms with Crippen LogP contribution in [-0.4, -0.2) is 23.4 Å². The monoisotopic (exact) mass is 158 g/mol. The molecule has 0 unspecified atom stereocenters. The Balaban J connectivity index is 3.36. The summed E-state index contributed by atoms with van der Waals surface area (Å²) in [5.41, 5.74) is 0. The molecule has 11 heavy (non-hydrogen) atoms. The molecular formula is C9H18O2. The third-order valence-electron chi connectivity index (χ3n) is 1.60. The maximum absolute atomic E-state index is 8.67. The van der Waals surface area contributed by atoms with Crippen LogP contribution in [0.15, 0.2) is 12.2 Å². The molecular weight excluding hydrogens is 140 g/mol. The first-order valence-corrected chi connectivity index (χ1v) is 4.23. The summed E-state index contributed by atoms with van der Waals surface area (Å²) in [4.78, 5) is 0. The van der Waals surface area contributed by atoms with Gasteiger partial charge in [0.15, 0.2) is 0 Å². The summed E-state index contributed by atoms with van der Waals surface area (Å²) in [5, 5.41) is 17.3. The highest BCUT2D eigenvalue weighted by atomic mass is 16.3. The number of rotatable bonds is 6. The second-order valence-corrected chi connectivity index (χ2v) is 2.70. The third-order valence-corrected chi connectivity index (χ3v) is 1.60. The number of allylic oxidation sites excluding steroid dienone is 1. The fraction of sp³-hybridized carbons (Fsp3) is 0.778. The number of aliphatic hydroxyl groups is 2. The van der Waals surface area contributed by atoms with E-state index >= 15 is 0 Å². The predicted octanol–water partition coefficient (Wildman–Crippen LogP) is 1.33. The van der Waals surface area contributed by atoms with Gasteiger partial charge in [-0.3, -0.25) is 0 Å². The van der Waals surface area contributed by atoms with Crippen LogP contribution in [0.3, 0.4) is 0 Å². The van der Waals surface area contributed by atoms with Gasteiger partial charge in [-0.05, 0) is 6.42 Å². The van der Waals surface area contributed by atoms with Gasteiger partial charge in [0.25, 0.3) is 0 Å². The van der Waals surface area contributed by atoms with Crippen molar-refractivity contribution in [2.45, 2.75) is 26.2 Å². The average Bonchev–Trinajstić information content (AvgIpc) is 2.05. The molecule has 2 heteroatoms. The smallest absolute Gasteiger partial charge is 0.0515 e. The van der Waals surface area contributed by atoms with E-state index in [2.05, 4.69) is 6.92 Å². The lowest BCUT2D eigenvalue weighted by Gasteiger charge is -2.02. The van der Waals surface area contributed by atoms with Crippen molar-refractivity contribution in [3.8, 4) is 0 Å². The van der Waals surface area contributed by atoms with Crippen molar-refractivity contribution in [2.75, 3.05) is 13.2 Å². The number of hydrogen-bond acceptors (Lipinski definition) is 2. The lowest BCUT2D eigenvalue weighted by atomic mass is 10.1. The minimum atomic E-state index is -0.0631. The van der Waals surface area contributed by atoms with Crippen LogP contribution >= 0.6 is 0 Å². The zero-order chi connectivity index (χ0) is 8.53. The summed E-state index contributed by atoms with van der Waals surface area (Å²) in [6.07, 6.45) is 7.33. The lowest BCUT2D eigenvalue weighted by molar-refractivity contribution is 0.177. The summed E-state index contributed by atoms with van der Waals surface area (Å²) in [6, 6.07) is 0. The Morgan fingerprint density at radius 3 is 2.36 bits per heavy atom. The molecule has 0 saturated carbocycles. The van der Waals surface area contributed by atoms with Crippen molar-refractivity contribution in [1.29, 1.82) is 0 Å². The second kappa shape index (κ2) is 7.76. The molecule has 0 amide bonds. The molecule has 0 aliphatic heterocycles. The molecule has 0 saturated heterocycles. The van der Waals surface area contributed by atoms with Gasteiger partial charge in [0.05, 0.1) is 13.2 Å². The van der Waals surface area contributed by atoms with Gasteiger partial charge >= 0.3 is 0 Å². The lowest BCUT2D eigenvalue weighted by Crippen LogP contribution is -2.06. The van der Waals surface area contributed by atoms with Gasteiger partial charge in [0, 0.05) is 5.92 Å². The molecule has 0 radical (unpaired) electrons. The molecule has 0 aliphatic rings. The van der Waals surface area contributed by atoms with Crippen LogP contribution in [0, 0.1) is 5.92 Å². The van der Waals surface area contributed by atoms with E-state index in [0.29, 0.717) is 0 Å². The van der Waals surface area contributed by atoms with E-state index < -0.39 is 0 Å². The molecule has 0 atom stereocenters. The van der Waals surface area contributed by atoms with Gasteiger partial charge in [-0.25, -0.2) is 0 Å². The first-order valence-electron chi connectivity index (χ1n) is 4.23. The van der Waals surface area contributed by atoms with E-state index in [1.807, 2.05) is 12.2 Å². The third kappa shape index (κ3) is 6.07. The topological polar surface area (TPSA) is 40.5 Å². The molecule has 0 bridgehead atoms. The molecule has 0 aliphatic carbocycles. The highest BCUT2D eigenvalue weighted by molar-refractivity contribution is 4.87. The average molecular weight is 158 g/mol. The van der Waals surface area contributed by atoms with Crippen LogP contribution in [0.1, 0.15) is 26.2 Å². The van der Waals surface area contributed by atoms with Gasteiger partial charge in [0.2, 0.25) is 0 Å². The quantitative estimate of drug-likeness (QED) is 0.452. The molecule has 0 aromatic rings. The Hall–Kier alpha value is -0.340. The standard InChI is InChI=1S/C9H18O2/c1-2-3-4-5-6-9(7-10)8-11/h5-6,9-11H,2-4,7-8H2,1H3. The summed E-state index contributed by atoms with van der Waals surface area (Å²) < 4.78 is 0. The highest BCUT2D eigenvalue weighted by Crippen LogP contribution is 2.00. The van der Waals surface area contributed by atoms with Crippen LogP contribution in [0.2, 0.25) is 0 Å². The molecule has 0 aromatic carbocycles. The Bertz CT molecular complexity index is 95.7. The van der Waals surface area contributed by atoms with Crippen molar-refractivity contribution < 1.29 is 10.2 Å². The fourth-order valence-corrected chi connectivity index (χ4v) is 0.790. The van der Waals surface area contributed by atoms with Crippen LogP contribution in [-0.2, 0) is 0 Å². The molecule has 0 rings (SSSR count). The first-order chi connectivity index (χ1) is 5.35. The maximum Gasteiger partial charge on any atom is 0.0515 e. The number of hydrogen-bond donors (Lipinski definition) is 2. The van der Waals surface area contributed by atoms with E-state index in [-0.39, 0.29) is 19.1 Å². The maximum atomic E-state index is 8.67. The Kier molecular flexibility index (Phi) is 7.52. The zero-order valence-corrected chi connectivity index (χ0v) is 7.16. The van der Waals surface area contributed by atoms with Gasteiger partial charge in [-0.1, -0.05) is 31.9 Å². The van der Waals surface area contributed by atoms with Crippen molar-refractivity contribution in [3.05, 3.63) is 12.2 Å². The van der Waals surface area contributed by atoms with Crippen molar-refractivity contribution in [2.24, 2.45) is 5.92 Å². The summed E-state index contributed by atoms with van der Waals surface area (Å²) >= 11 is 0. The van der Waals surface area contributed by atoms with Gasteiger partial charge in [-0.2, -0.15) is 0 Å². The predicted molar refractivity (Wildman–Crippen MR) is 46.3 cm³/mol. The van der Waals surface area contributed by atoms with Crippen LogP contribution < -0.4 is 0 Å². The van der Waals surface area contributed by atoms with E-state index in [0.717, 1.165) is 6.42 Å². The van der Waals surface area contributed by atoms with Gasteiger partial charge < -0.3 is 10.2 Å². The first kappa shape index (κ1) is 10.7. The van der Waals surface area contributed by atoms with E-state index in [1.54, 1.807) is 0 Å². The zero-order valence-electron chi connectivity index (χ0n) is 7.16. The number of unbranched alkanes of at least 4 members (excludes halogenated alkanes) is 2. The minimum absolute atomic E-state index is 0.0408. The van der Waals surface area contributed by atoms with Gasteiger partial charge in [0.1, 0.15) is 0 Å². The van der Waals surface area contributed by atoms with Crippen LogP contribution in [0.25, 0.3) is 0 Å². The molecule has 0 aromatic heterocycles. The molecule has 2 nitrogen and oxygen atoms in total.